The molecule has 5 aromatic heterocycles. The third-order valence-electron chi connectivity index (χ3n) is 4.76. The number of carbonyl (C=O) groups excluding carboxylic acids is 1. The van der Waals surface area contributed by atoms with E-state index in [1.807, 2.05) is 6.07 Å². The van der Waals surface area contributed by atoms with Crippen molar-refractivity contribution in [2.24, 2.45) is 0 Å². The van der Waals surface area contributed by atoms with Gasteiger partial charge >= 0.3 is 6.18 Å². The van der Waals surface area contributed by atoms with Crippen LogP contribution in [0, 0.1) is 11.3 Å². The van der Waals surface area contributed by atoms with E-state index in [1.165, 1.54) is 47.4 Å². The molecule has 0 unspecified atom stereocenters. The van der Waals surface area contributed by atoms with E-state index in [-0.39, 0.29) is 28.4 Å². The second kappa shape index (κ2) is 7.81. The second-order valence-corrected chi connectivity index (χ2v) is 6.85. The van der Waals surface area contributed by atoms with Crippen molar-refractivity contribution in [1.82, 2.24) is 39.1 Å². The first-order valence-electron chi connectivity index (χ1n) is 9.52. The normalized spacial score (nSPS) is 11.5. The Morgan fingerprint density at radius 2 is 1.85 bits per heavy atom. The number of imidazole rings is 1. The van der Waals surface area contributed by atoms with E-state index in [2.05, 4.69) is 30.6 Å². The van der Waals surface area contributed by atoms with Gasteiger partial charge in [0.15, 0.2) is 17.2 Å². The molecule has 5 heterocycles. The maximum Gasteiger partial charge on any atom is 0.434 e. The van der Waals surface area contributed by atoms with E-state index in [1.54, 1.807) is 12.4 Å². The zero-order valence-electron chi connectivity index (χ0n) is 16.8. The number of hydrogen-bond donors (Lipinski definition) is 1. The lowest BCUT2D eigenvalue weighted by atomic mass is 10.2. The molecular formula is C20H11F3N10O. The van der Waals surface area contributed by atoms with Crippen molar-refractivity contribution in [3.8, 4) is 17.6 Å². The number of fused-ring (bicyclic) bond motifs is 1. The number of carbonyl (C=O) groups is 1. The summed E-state index contributed by atoms with van der Waals surface area (Å²) in [7, 11) is 0. The lowest BCUT2D eigenvalue weighted by Crippen LogP contribution is -2.21. The van der Waals surface area contributed by atoms with E-state index in [9.17, 15) is 23.2 Å². The van der Waals surface area contributed by atoms with Gasteiger partial charge in [-0.25, -0.2) is 14.6 Å². The molecule has 168 valence electrons. The Labute approximate surface area is 187 Å². The van der Waals surface area contributed by atoms with Crippen LogP contribution < -0.4 is 5.32 Å². The van der Waals surface area contributed by atoms with Gasteiger partial charge < -0.3 is 9.72 Å². The van der Waals surface area contributed by atoms with Gasteiger partial charge in [-0.2, -0.15) is 33.7 Å². The Hall–Kier alpha value is -5.06. The molecule has 34 heavy (non-hydrogen) atoms. The van der Waals surface area contributed by atoms with Crippen molar-refractivity contribution in [2.75, 3.05) is 5.32 Å². The molecule has 5 aromatic rings. The summed E-state index contributed by atoms with van der Waals surface area (Å²) in [6, 6.07) is 6.10. The molecule has 0 fully saturated rings. The molecule has 1 amide bonds. The monoisotopic (exact) mass is 464 g/mol. The number of alkyl halides is 3. The quantitative estimate of drug-likeness (QED) is 0.432. The molecular weight excluding hydrogens is 453 g/mol. The Balaban J connectivity index is 1.53. The van der Waals surface area contributed by atoms with E-state index in [4.69, 9.17) is 0 Å². The van der Waals surface area contributed by atoms with Crippen LogP contribution >= 0.6 is 0 Å². The first-order valence-corrected chi connectivity index (χ1v) is 9.52. The fourth-order valence-corrected chi connectivity index (χ4v) is 3.36. The van der Waals surface area contributed by atoms with Crippen molar-refractivity contribution in [1.29, 1.82) is 5.26 Å². The third kappa shape index (κ3) is 3.50. The average molecular weight is 464 g/mol. The van der Waals surface area contributed by atoms with Crippen molar-refractivity contribution < 1.29 is 18.0 Å². The molecule has 14 heteroatoms. The summed E-state index contributed by atoms with van der Waals surface area (Å²) in [6.07, 6.45) is 4.51. The fraction of sp³-hybridized carbons (Fsp3) is 0.0500. The maximum absolute atomic E-state index is 14.0. The van der Waals surface area contributed by atoms with Gasteiger partial charge in [-0.3, -0.25) is 4.79 Å². The predicted octanol–water partition coefficient (Wildman–Crippen LogP) is 2.64. The zero-order chi connectivity index (χ0) is 23.9. The smallest absolute Gasteiger partial charge is 0.320 e. The van der Waals surface area contributed by atoms with E-state index in [0.29, 0.717) is 4.68 Å². The molecule has 0 spiro atoms. The molecule has 0 saturated heterocycles. The summed E-state index contributed by atoms with van der Waals surface area (Å²) < 4.78 is 44.3. The summed E-state index contributed by atoms with van der Waals surface area (Å²) in [5.41, 5.74) is -1.69. The molecule has 11 nitrogen and oxygen atoms in total. The van der Waals surface area contributed by atoms with Gasteiger partial charge in [-0.15, -0.1) is 4.80 Å². The summed E-state index contributed by atoms with van der Waals surface area (Å²) >= 11 is 0. The van der Waals surface area contributed by atoms with Crippen LogP contribution in [-0.4, -0.2) is 45.1 Å². The molecule has 0 aliphatic carbocycles. The number of aromatic nitrogens is 8. The van der Waals surface area contributed by atoms with Gasteiger partial charge in [-0.1, -0.05) is 0 Å². The molecule has 5 rings (SSSR count). The number of amides is 1. The maximum atomic E-state index is 14.0. The predicted molar refractivity (Wildman–Crippen MR) is 109 cm³/mol. The fourth-order valence-electron chi connectivity index (χ4n) is 3.36. The van der Waals surface area contributed by atoms with Gasteiger partial charge in [0.05, 0.1) is 36.0 Å². The minimum atomic E-state index is -4.91. The molecule has 0 radical (unpaired) electrons. The average Bonchev–Trinajstić information content (AvgIpc) is 3.58. The third-order valence-corrected chi connectivity index (χ3v) is 4.76. The first kappa shape index (κ1) is 20.8. The van der Waals surface area contributed by atoms with Crippen LogP contribution in [0.1, 0.15) is 21.6 Å². The molecule has 0 saturated carbocycles. The number of anilines is 1. The van der Waals surface area contributed by atoms with E-state index < -0.39 is 23.3 Å². The van der Waals surface area contributed by atoms with Crippen LogP contribution in [0.15, 0.2) is 61.6 Å². The van der Waals surface area contributed by atoms with Crippen molar-refractivity contribution >= 4 is 17.2 Å². The standard InChI is InChI=1S/C20H11F3N10O/c21-20(22,23)16-14(11-29-32(16)15-2-1-6-31-7-5-25-18(15)31)19(34)30-13-8-12(9-24)17(26-10-13)33-27-3-4-28-33/h1-8,10-11H,(H,30,34). The van der Waals surface area contributed by atoms with Crippen LogP contribution in [0.4, 0.5) is 18.9 Å². The Kier molecular flexibility index (Phi) is 4.79. The van der Waals surface area contributed by atoms with Gasteiger partial charge in [0.1, 0.15) is 17.3 Å². The summed E-state index contributed by atoms with van der Waals surface area (Å²) in [4.78, 5) is 22.0. The van der Waals surface area contributed by atoms with Crippen molar-refractivity contribution in [3.05, 3.63) is 78.4 Å². The number of nitrogens with one attached hydrogen (secondary N) is 1. The summed E-state index contributed by atoms with van der Waals surface area (Å²) in [6.45, 7) is 0. The number of rotatable bonds is 4. The molecule has 1 N–H and O–H groups in total. The highest BCUT2D eigenvalue weighted by Gasteiger charge is 2.41. The van der Waals surface area contributed by atoms with E-state index in [0.717, 1.165) is 11.0 Å². The topological polar surface area (TPSA) is 132 Å². The number of pyridine rings is 2. The van der Waals surface area contributed by atoms with Crippen LogP contribution in [0.5, 0.6) is 0 Å². The van der Waals surface area contributed by atoms with Crippen LogP contribution in [-0.2, 0) is 6.18 Å². The van der Waals surface area contributed by atoms with Crippen LogP contribution in [0.2, 0.25) is 0 Å². The molecule has 0 aliphatic heterocycles. The Morgan fingerprint density at radius 3 is 2.59 bits per heavy atom. The van der Waals surface area contributed by atoms with E-state index >= 15 is 0 Å². The Bertz CT molecular complexity index is 1560. The number of hydrogen-bond acceptors (Lipinski definition) is 7. The highest BCUT2D eigenvalue weighted by atomic mass is 19.4. The number of halogens is 3. The molecule has 0 atom stereocenters. The Morgan fingerprint density at radius 1 is 1.06 bits per heavy atom. The van der Waals surface area contributed by atoms with Crippen molar-refractivity contribution in [2.45, 2.75) is 6.18 Å². The van der Waals surface area contributed by atoms with Crippen LogP contribution in [0.25, 0.3) is 17.2 Å². The summed E-state index contributed by atoms with van der Waals surface area (Å²) in [5.74, 6) is -0.980. The van der Waals surface area contributed by atoms with Crippen LogP contribution in [0.3, 0.4) is 0 Å². The summed E-state index contributed by atoms with van der Waals surface area (Å²) in [5, 5.41) is 23.3. The minimum Gasteiger partial charge on any atom is -0.320 e. The SMILES string of the molecule is N#Cc1cc(NC(=O)c2cnn(-c3cccn4ccnc34)c2C(F)(F)F)cnc1-n1nccn1. The van der Waals surface area contributed by atoms with Gasteiger partial charge in [0.25, 0.3) is 5.91 Å². The molecule has 0 aliphatic rings. The molecule has 0 aromatic carbocycles. The second-order valence-electron chi connectivity index (χ2n) is 6.85. The lowest BCUT2D eigenvalue weighted by molar-refractivity contribution is -0.143. The number of nitrogens with zero attached hydrogens (tertiary/aromatic N) is 9. The largest absolute Gasteiger partial charge is 0.434 e. The zero-order valence-corrected chi connectivity index (χ0v) is 16.8. The van der Waals surface area contributed by atoms with Gasteiger partial charge in [0.2, 0.25) is 0 Å². The highest BCUT2D eigenvalue weighted by molar-refractivity contribution is 6.05. The highest BCUT2D eigenvalue weighted by Crippen LogP contribution is 2.34. The van der Waals surface area contributed by atoms with Crippen molar-refractivity contribution in [3.63, 3.8) is 0 Å². The van der Waals surface area contributed by atoms with Gasteiger partial charge in [-0.05, 0) is 18.2 Å². The number of nitriles is 1. The first-order chi connectivity index (χ1) is 16.4. The minimum absolute atomic E-state index is 0.00623. The van der Waals surface area contributed by atoms with Gasteiger partial charge in [0, 0.05) is 18.6 Å². The lowest BCUT2D eigenvalue weighted by Gasteiger charge is -2.13. The molecule has 0 bridgehead atoms.